The van der Waals surface area contributed by atoms with E-state index >= 15 is 0 Å². The molecule has 0 amide bonds. The molecule has 1 fully saturated rings. The van der Waals surface area contributed by atoms with Crippen molar-refractivity contribution in [2.75, 3.05) is 0 Å². The zero-order chi connectivity index (χ0) is 5.28. The largest absolute Gasteiger partial charge is 0.0648 e. The standard InChI is InChI=1S/C7H13/c1-3-7-4-6(2)5-7/h6H,3-5H2,1-2H3. The molecule has 0 aromatic rings. The van der Waals surface area contributed by atoms with E-state index in [1.807, 2.05) is 0 Å². The third kappa shape index (κ3) is 0.960. The maximum atomic E-state index is 2.32. The molecule has 0 heterocycles. The summed E-state index contributed by atoms with van der Waals surface area (Å²) >= 11 is 0. The zero-order valence-electron chi connectivity index (χ0n) is 5.20. The van der Waals surface area contributed by atoms with Crippen LogP contribution in [0.25, 0.3) is 0 Å². The fraction of sp³-hybridized carbons (Fsp3) is 0.857. The molecule has 0 saturated heterocycles. The molecular weight excluding hydrogens is 84.1 g/mol. The average molecular weight is 97.2 g/mol. The molecule has 0 aromatic carbocycles. The van der Waals surface area contributed by atoms with Crippen molar-refractivity contribution in [3.05, 3.63) is 5.92 Å². The third-order valence-electron chi connectivity index (χ3n) is 1.77. The van der Waals surface area contributed by atoms with Crippen LogP contribution in [0.1, 0.15) is 33.1 Å². The molecule has 0 nitrogen and oxygen atoms in total. The minimum Gasteiger partial charge on any atom is -0.0648 e. The molecule has 1 rings (SSSR count). The highest BCUT2D eigenvalue weighted by molar-refractivity contribution is 5.00. The van der Waals surface area contributed by atoms with Crippen LogP contribution in [0.2, 0.25) is 0 Å². The molecule has 41 valence electrons. The molecule has 1 radical (unpaired) electrons. The van der Waals surface area contributed by atoms with Crippen molar-refractivity contribution in [1.82, 2.24) is 0 Å². The van der Waals surface area contributed by atoms with Gasteiger partial charge >= 0.3 is 0 Å². The average Bonchev–Trinajstić information content (AvgIpc) is 1.58. The van der Waals surface area contributed by atoms with Crippen LogP contribution in [0, 0.1) is 11.8 Å². The Hall–Kier alpha value is 0. The lowest BCUT2D eigenvalue weighted by Crippen LogP contribution is -2.17. The van der Waals surface area contributed by atoms with Crippen LogP contribution in [0.5, 0.6) is 0 Å². The van der Waals surface area contributed by atoms with E-state index in [1.54, 1.807) is 5.92 Å². The van der Waals surface area contributed by atoms with Gasteiger partial charge in [-0.3, -0.25) is 0 Å². The maximum absolute atomic E-state index is 2.32. The van der Waals surface area contributed by atoms with E-state index in [-0.39, 0.29) is 0 Å². The summed E-state index contributed by atoms with van der Waals surface area (Å²) in [6.07, 6.45) is 4.15. The Morgan fingerprint density at radius 2 is 2.14 bits per heavy atom. The molecular formula is C7H13. The topological polar surface area (TPSA) is 0 Å². The predicted molar refractivity (Wildman–Crippen MR) is 31.9 cm³/mol. The van der Waals surface area contributed by atoms with E-state index in [9.17, 15) is 0 Å². The summed E-state index contributed by atoms with van der Waals surface area (Å²) in [5.74, 6) is 2.78. The molecule has 0 unspecified atom stereocenters. The maximum Gasteiger partial charge on any atom is -0.0238 e. The Balaban J connectivity index is 2.06. The number of hydrogen-bond acceptors (Lipinski definition) is 0. The first-order chi connectivity index (χ1) is 3.33. The van der Waals surface area contributed by atoms with Crippen LogP contribution in [0.3, 0.4) is 0 Å². The minimum absolute atomic E-state index is 1.01. The van der Waals surface area contributed by atoms with Gasteiger partial charge in [-0.05, 0) is 31.1 Å². The fourth-order valence-electron chi connectivity index (χ4n) is 1.21. The first-order valence-electron chi connectivity index (χ1n) is 3.16. The second-order valence-electron chi connectivity index (χ2n) is 2.62. The Morgan fingerprint density at radius 3 is 2.29 bits per heavy atom. The molecule has 1 aliphatic carbocycles. The zero-order valence-corrected chi connectivity index (χ0v) is 5.20. The predicted octanol–water partition coefficient (Wildman–Crippen LogP) is 2.40. The molecule has 1 aliphatic rings. The van der Waals surface area contributed by atoms with Crippen LogP contribution in [0.15, 0.2) is 0 Å². The molecule has 0 aliphatic heterocycles. The summed E-state index contributed by atoms with van der Waals surface area (Å²) in [6.45, 7) is 4.57. The molecule has 7 heavy (non-hydrogen) atoms. The van der Waals surface area contributed by atoms with Gasteiger partial charge in [-0.15, -0.1) is 0 Å². The molecule has 0 spiro atoms. The molecule has 0 heteroatoms. The monoisotopic (exact) mass is 97.1 g/mol. The van der Waals surface area contributed by atoms with Crippen molar-refractivity contribution in [2.45, 2.75) is 33.1 Å². The lowest BCUT2D eigenvalue weighted by atomic mass is 9.75. The SMILES string of the molecule is CC[C]1CC(C)C1. The van der Waals surface area contributed by atoms with Gasteiger partial charge in [0.05, 0.1) is 0 Å². The van der Waals surface area contributed by atoms with Gasteiger partial charge in [0.15, 0.2) is 0 Å². The van der Waals surface area contributed by atoms with E-state index in [0.717, 1.165) is 5.92 Å². The smallest absolute Gasteiger partial charge is 0.0238 e. The van der Waals surface area contributed by atoms with E-state index in [0.29, 0.717) is 0 Å². The minimum atomic E-state index is 1.01. The summed E-state index contributed by atoms with van der Waals surface area (Å²) in [5, 5.41) is 0. The molecule has 0 atom stereocenters. The summed E-state index contributed by atoms with van der Waals surface area (Å²) in [6, 6.07) is 0. The van der Waals surface area contributed by atoms with Gasteiger partial charge in [-0.25, -0.2) is 0 Å². The lowest BCUT2D eigenvalue weighted by molar-refractivity contribution is 0.371. The Kier molecular flexibility index (Phi) is 1.36. The van der Waals surface area contributed by atoms with Gasteiger partial charge in [0.2, 0.25) is 0 Å². The Labute approximate surface area is 45.9 Å². The lowest BCUT2D eigenvalue weighted by Gasteiger charge is -2.30. The first kappa shape index (κ1) is 5.14. The van der Waals surface area contributed by atoms with Crippen molar-refractivity contribution in [3.63, 3.8) is 0 Å². The van der Waals surface area contributed by atoms with Gasteiger partial charge in [0, 0.05) is 0 Å². The van der Waals surface area contributed by atoms with Crippen LogP contribution >= 0.6 is 0 Å². The number of rotatable bonds is 1. The van der Waals surface area contributed by atoms with Crippen molar-refractivity contribution in [1.29, 1.82) is 0 Å². The Bertz CT molecular complexity index is 51.1. The highest BCUT2D eigenvalue weighted by Gasteiger charge is 2.23. The van der Waals surface area contributed by atoms with Crippen molar-refractivity contribution in [2.24, 2.45) is 5.92 Å². The van der Waals surface area contributed by atoms with Gasteiger partial charge in [0.25, 0.3) is 0 Å². The highest BCUT2D eigenvalue weighted by atomic mass is 14.3. The first-order valence-corrected chi connectivity index (χ1v) is 3.16. The van der Waals surface area contributed by atoms with Crippen LogP contribution in [0.4, 0.5) is 0 Å². The van der Waals surface area contributed by atoms with E-state index in [2.05, 4.69) is 13.8 Å². The van der Waals surface area contributed by atoms with E-state index in [1.165, 1.54) is 19.3 Å². The molecule has 0 N–H and O–H groups in total. The quantitative estimate of drug-likeness (QED) is 0.471. The molecule has 0 bridgehead atoms. The molecule has 0 aromatic heterocycles. The second-order valence-corrected chi connectivity index (χ2v) is 2.62. The van der Waals surface area contributed by atoms with Crippen molar-refractivity contribution < 1.29 is 0 Å². The van der Waals surface area contributed by atoms with Gasteiger partial charge in [-0.1, -0.05) is 13.8 Å². The summed E-state index contributed by atoms with van der Waals surface area (Å²) in [4.78, 5) is 0. The van der Waals surface area contributed by atoms with Crippen LogP contribution < -0.4 is 0 Å². The number of hydrogen-bond donors (Lipinski definition) is 0. The third-order valence-corrected chi connectivity index (χ3v) is 1.77. The summed E-state index contributed by atoms with van der Waals surface area (Å²) in [5.41, 5.74) is 0. The Morgan fingerprint density at radius 1 is 1.57 bits per heavy atom. The molecule has 1 saturated carbocycles. The second kappa shape index (κ2) is 1.85. The van der Waals surface area contributed by atoms with Gasteiger partial charge < -0.3 is 0 Å². The van der Waals surface area contributed by atoms with Gasteiger partial charge in [0.1, 0.15) is 0 Å². The fourth-order valence-corrected chi connectivity index (χ4v) is 1.21. The highest BCUT2D eigenvalue weighted by Crippen LogP contribution is 2.36. The normalized spacial score (nSPS) is 24.9. The van der Waals surface area contributed by atoms with E-state index in [4.69, 9.17) is 0 Å². The van der Waals surface area contributed by atoms with Crippen LogP contribution in [-0.2, 0) is 0 Å². The summed E-state index contributed by atoms with van der Waals surface area (Å²) in [7, 11) is 0. The summed E-state index contributed by atoms with van der Waals surface area (Å²) < 4.78 is 0. The van der Waals surface area contributed by atoms with Gasteiger partial charge in [-0.2, -0.15) is 0 Å². The van der Waals surface area contributed by atoms with Crippen LogP contribution in [-0.4, -0.2) is 0 Å². The van der Waals surface area contributed by atoms with Crippen molar-refractivity contribution in [3.8, 4) is 0 Å². The van der Waals surface area contributed by atoms with E-state index < -0.39 is 0 Å². The van der Waals surface area contributed by atoms with Crippen molar-refractivity contribution >= 4 is 0 Å².